The number of hydrogen-bond acceptors (Lipinski definition) is 1. The van der Waals surface area contributed by atoms with Crippen LogP contribution < -0.4 is 4.74 Å². The van der Waals surface area contributed by atoms with Gasteiger partial charge in [0.2, 0.25) is 0 Å². The first-order chi connectivity index (χ1) is 14.7. The molecule has 0 aliphatic heterocycles. The van der Waals surface area contributed by atoms with Crippen LogP contribution in [0.4, 0.5) is 22.0 Å². The second-order valence-corrected chi connectivity index (χ2v) is 9.18. The summed E-state index contributed by atoms with van der Waals surface area (Å²) in [7, 11) is 0. The van der Waals surface area contributed by atoms with Crippen molar-refractivity contribution in [2.24, 2.45) is 17.8 Å². The van der Waals surface area contributed by atoms with Gasteiger partial charge in [0.15, 0.2) is 0 Å². The molecule has 0 spiro atoms. The molecule has 2 aromatic carbocycles. The highest BCUT2D eigenvalue weighted by atomic mass is 19.3. The van der Waals surface area contributed by atoms with Gasteiger partial charge in [0.25, 0.3) is 0 Å². The van der Waals surface area contributed by atoms with E-state index in [-0.39, 0.29) is 5.82 Å². The maximum atomic E-state index is 14.9. The van der Waals surface area contributed by atoms with Gasteiger partial charge in [-0.1, -0.05) is 37.6 Å². The summed E-state index contributed by atoms with van der Waals surface area (Å²) >= 11 is 0. The molecule has 2 aliphatic carbocycles. The minimum absolute atomic E-state index is 0.344. The van der Waals surface area contributed by atoms with Crippen LogP contribution in [-0.2, 0) is 0 Å². The molecule has 2 aromatic rings. The number of ether oxygens (including phenoxy) is 1. The molecule has 168 valence electrons. The maximum absolute atomic E-state index is 14.9. The molecule has 6 heteroatoms. The predicted molar refractivity (Wildman–Crippen MR) is 110 cm³/mol. The average Bonchev–Trinajstić information content (AvgIpc) is 2.73. The van der Waals surface area contributed by atoms with E-state index >= 15 is 0 Å². The van der Waals surface area contributed by atoms with Gasteiger partial charge in [-0.15, -0.1) is 0 Å². The van der Waals surface area contributed by atoms with Gasteiger partial charge in [0.05, 0.1) is 0 Å². The molecule has 0 N–H and O–H groups in total. The van der Waals surface area contributed by atoms with Gasteiger partial charge in [-0.2, -0.15) is 17.6 Å². The summed E-state index contributed by atoms with van der Waals surface area (Å²) < 4.78 is 69.6. The first-order valence-electron chi connectivity index (χ1n) is 11.0. The summed E-state index contributed by atoms with van der Waals surface area (Å²) in [6, 6.07) is 10.3. The first kappa shape index (κ1) is 22.1. The van der Waals surface area contributed by atoms with Gasteiger partial charge in [0.1, 0.15) is 11.6 Å². The highest BCUT2D eigenvalue weighted by Crippen LogP contribution is 2.47. The first-order valence-corrected chi connectivity index (χ1v) is 11.0. The summed E-state index contributed by atoms with van der Waals surface area (Å²) in [5, 5.41) is 0. The van der Waals surface area contributed by atoms with Gasteiger partial charge in [-0.3, -0.25) is 0 Å². The van der Waals surface area contributed by atoms with E-state index in [1.165, 1.54) is 37.8 Å². The minimum Gasteiger partial charge on any atom is -0.428 e. The molecule has 0 heterocycles. The normalized spacial score (nSPS) is 26.5. The standard InChI is InChI=1S/C25H27F5O/c1-15-2-3-18-13-19(5-4-17(18)12-15)20-8-11-22(23(26)14-20)16-6-9-21(10-7-16)31-25(29,30)24(27)28/h6-11,14-15,17-19,24H,2-5,12-13H2,1H3. The van der Waals surface area contributed by atoms with Crippen molar-refractivity contribution in [3.05, 3.63) is 53.8 Å². The van der Waals surface area contributed by atoms with E-state index in [9.17, 15) is 22.0 Å². The number of halogens is 5. The van der Waals surface area contributed by atoms with Crippen LogP contribution in [0, 0.1) is 23.6 Å². The monoisotopic (exact) mass is 438 g/mol. The smallest absolute Gasteiger partial charge is 0.428 e. The third-order valence-electron chi connectivity index (χ3n) is 7.01. The van der Waals surface area contributed by atoms with E-state index in [0.717, 1.165) is 48.3 Å². The average molecular weight is 438 g/mol. The Balaban J connectivity index is 1.45. The summed E-state index contributed by atoms with van der Waals surface area (Å²) in [6.45, 7) is 2.33. The lowest BCUT2D eigenvalue weighted by Crippen LogP contribution is -2.33. The fraction of sp³-hybridized carbons (Fsp3) is 0.520. The Morgan fingerprint density at radius 1 is 0.903 bits per heavy atom. The van der Waals surface area contributed by atoms with Gasteiger partial charge < -0.3 is 4.74 Å². The van der Waals surface area contributed by atoms with E-state index in [0.29, 0.717) is 17.0 Å². The Bertz CT molecular complexity index is 895. The van der Waals surface area contributed by atoms with Gasteiger partial charge >= 0.3 is 12.5 Å². The summed E-state index contributed by atoms with van der Waals surface area (Å²) in [4.78, 5) is 0. The van der Waals surface area contributed by atoms with Crippen molar-refractivity contribution in [3.63, 3.8) is 0 Å². The highest BCUT2D eigenvalue weighted by molar-refractivity contribution is 5.65. The van der Waals surface area contributed by atoms with Crippen LogP contribution in [0.1, 0.15) is 56.9 Å². The molecule has 0 bridgehead atoms. The van der Waals surface area contributed by atoms with Gasteiger partial charge in [0, 0.05) is 5.56 Å². The van der Waals surface area contributed by atoms with Crippen molar-refractivity contribution >= 4 is 0 Å². The Morgan fingerprint density at radius 2 is 1.58 bits per heavy atom. The molecule has 2 fully saturated rings. The minimum atomic E-state index is -4.57. The Hall–Kier alpha value is -2.11. The van der Waals surface area contributed by atoms with E-state index in [4.69, 9.17) is 0 Å². The van der Waals surface area contributed by atoms with E-state index in [1.54, 1.807) is 12.1 Å². The zero-order valence-electron chi connectivity index (χ0n) is 17.5. The molecule has 4 atom stereocenters. The SMILES string of the molecule is CC1CCC2CC(c3ccc(-c4ccc(OC(F)(F)C(F)F)cc4)c(F)c3)CCC2C1. The quantitative estimate of drug-likeness (QED) is 0.429. The molecule has 1 nitrogen and oxygen atoms in total. The topological polar surface area (TPSA) is 9.23 Å². The van der Waals surface area contributed by atoms with E-state index in [2.05, 4.69) is 11.7 Å². The van der Waals surface area contributed by atoms with Crippen molar-refractivity contribution < 1.29 is 26.7 Å². The van der Waals surface area contributed by atoms with Crippen LogP contribution in [0.2, 0.25) is 0 Å². The van der Waals surface area contributed by atoms with Crippen LogP contribution in [0.25, 0.3) is 11.1 Å². The third-order valence-corrected chi connectivity index (χ3v) is 7.01. The third kappa shape index (κ3) is 4.88. The summed E-state index contributed by atoms with van der Waals surface area (Å²) in [5.74, 6) is 1.95. The number of alkyl halides is 4. The fourth-order valence-electron chi connectivity index (χ4n) is 5.35. The second-order valence-electron chi connectivity index (χ2n) is 9.18. The van der Waals surface area contributed by atoms with Crippen LogP contribution >= 0.6 is 0 Å². The molecule has 0 radical (unpaired) electrons. The molecular formula is C25H27F5O. The predicted octanol–water partition coefficient (Wildman–Crippen LogP) is 8.05. The molecule has 2 saturated carbocycles. The fourth-order valence-corrected chi connectivity index (χ4v) is 5.35. The molecule has 0 amide bonds. The zero-order chi connectivity index (χ0) is 22.2. The maximum Gasteiger partial charge on any atom is 0.461 e. The van der Waals surface area contributed by atoms with Gasteiger partial charge in [-0.05, 0) is 85.1 Å². The molecule has 4 unspecified atom stereocenters. The number of rotatable bonds is 5. The highest BCUT2D eigenvalue weighted by Gasteiger charge is 2.44. The number of fused-ring (bicyclic) bond motifs is 1. The van der Waals surface area contributed by atoms with Crippen LogP contribution in [0.15, 0.2) is 42.5 Å². The lowest BCUT2D eigenvalue weighted by Gasteiger charge is -2.41. The molecule has 0 aromatic heterocycles. The Morgan fingerprint density at radius 3 is 2.26 bits per heavy atom. The Kier molecular flexibility index (Phi) is 6.27. The largest absolute Gasteiger partial charge is 0.461 e. The van der Waals surface area contributed by atoms with E-state index in [1.807, 2.05) is 6.07 Å². The number of benzene rings is 2. The van der Waals surface area contributed by atoms with Crippen molar-refractivity contribution in [2.45, 2.75) is 63.9 Å². The molecule has 31 heavy (non-hydrogen) atoms. The lowest BCUT2D eigenvalue weighted by atomic mass is 9.64. The summed E-state index contributed by atoms with van der Waals surface area (Å²) in [5.41, 5.74) is 1.83. The van der Waals surface area contributed by atoms with Crippen molar-refractivity contribution in [1.82, 2.24) is 0 Å². The van der Waals surface area contributed by atoms with Crippen LogP contribution in [0.3, 0.4) is 0 Å². The summed E-state index contributed by atoms with van der Waals surface area (Å²) in [6.07, 6.45) is -1.24. The van der Waals surface area contributed by atoms with Crippen molar-refractivity contribution in [1.29, 1.82) is 0 Å². The number of hydrogen-bond donors (Lipinski definition) is 0. The molecule has 4 rings (SSSR count). The second kappa shape index (κ2) is 8.79. The van der Waals surface area contributed by atoms with Crippen LogP contribution in [0.5, 0.6) is 5.75 Å². The van der Waals surface area contributed by atoms with Gasteiger partial charge in [-0.25, -0.2) is 4.39 Å². The van der Waals surface area contributed by atoms with Crippen molar-refractivity contribution in [3.8, 4) is 16.9 Å². The molecule has 2 aliphatic rings. The van der Waals surface area contributed by atoms with E-state index < -0.39 is 18.3 Å². The Labute approximate surface area is 179 Å². The lowest BCUT2D eigenvalue weighted by molar-refractivity contribution is -0.253. The molecule has 0 saturated heterocycles. The molecular weight excluding hydrogens is 411 g/mol. The zero-order valence-corrected chi connectivity index (χ0v) is 17.5. The van der Waals surface area contributed by atoms with Crippen molar-refractivity contribution in [2.75, 3.05) is 0 Å². The van der Waals surface area contributed by atoms with Crippen LogP contribution in [-0.4, -0.2) is 12.5 Å².